The normalized spacial score (nSPS) is 12.6. The second-order valence-corrected chi connectivity index (χ2v) is 8.05. The SMILES string of the molecule is Cc1nccn1-c1cc(CNC(=O)[C@@H](Nc2ccc(C(F)(F)F)cc2Cl)C(C)C)ccn1. The maximum absolute atomic E-state index is 12.9. The van der Waals surface area contributed by atoms with Crippen LogP contribution in [0.3, 0.4) is 0 Å². The number of imidazole rings is 1. The molecule has 0 fully saturated rings. The fraction of sp³-hybridized carbons (Fsp3) is 0.318. The average molecular weight is 466 g/mol. The number of rotatable bonds is 7. The van der Waals surface area contributed by atoms with Crippen molar-refractivity contribution in [2.24, 2.45) is 5.92 Å². The van der Waals surface area contributed by atoms with E-state index < -0.39 is 17.8 Å². The number of alkyl halides is 3. The highest BCUT2D eigenvalue weighted by atomic mass is 35.5. The van der Waals surface area contributed by atoms with Crippen molar-refractivity contribution in [3.05, 3.63) is 70.9 Å². The summed E-state index contributed by atoms with van der Waals surface area (Å²) in [6.45, 7) is 5.79. The van der Waals surface area contributed by atoms with Crippen molar-refractivity contribution < 1.29 is 18.0 Å². The molecule has 1 atom stereocenters. The fourth-order valence-corrected chi connectivity index (χ4v) is 3.37. The van der Waals surface area contributed by atoms with E-state index in [1.165, 1.54) is 6.07 Å². The minimum absolute atomic E-state index is 0.104. The molecule has 0 saturated carbocycles. The lowest BCUT2D eigenvalue weighted by Crippen LogP contribution is -2.42. The molecule has 3 rings (SSSR count). The van der Waals surface area contributed by atoms with Gasteiger partial charge >= 0.3 is 6.18 Å². The van der Waals surface area contributed by atoms with Gasteiger partial charge in [-0.2, -0.15) is 13.2 Å². The lowest BCUT2D eigenvalue weighted by atomic mass is 10.0. The Morgan fingerprint density at radius 3 is 2.50 bits per heavy atom. The lowest BCUT2D eigenvalue weighted by Gasteiger charge is -2.24. The highest BCUT2D eigenvalue weighted by molar-refractivity contribution is 6.33. The van der Waals surface area contributed by atoms with Crippen molar-refractivity contribution in [1.29, 1.82) is 0 Å². The summed E-state index contributed by atoms with van der Waals surface area (Å²) in [6.07, 6.45) is 0.634. The second kappa shape index (κ2) is 9.60. The molecule has 0 radical (unpaired) electrons. The summed E-state index contributed by atoms with van der Waals surface area (Å²) in [5.74, 6) is 1.03. The first-order valence-corrected chi connectivity index (χ1v) is 10.3. The number of amides is 1. The predicted octanol–water partition coefficient (Wildman–Crippen LogP) is 5.00. The quantitative estimate of drug-likeness (QED) is 0.515. The number of benzene rings is 1. The van der Waals surface area contributed by atoms with Crippen LogP contribution in [0.5, 0.6) is 0 Å². The molecule has 6 nitrogen and oxygen atoms in total. The van der Waals surface area contributed by atoms with Crippen molar-refractivity contribution in [1.82, 2.24) is 19.9 Å². The van der Waals surface area contributed by atoms with Gasteiger partial charge in [0.15, 0.2) is 0 Å². The maximum Gasteiger partial charge on any atom is 0.416 e. The van der Waals surface area contributed by atoms with E-state index in [4.69, 9.17) is 11.6 Å². The number of anilines is 1. The van der Waals surface area contributed by atoms with Crippen molar-refractivity contribution in [2.75, 3.05) is 5.32 Å². The molecule has 2 N–H and O–H groups in total. The van der Waals surface area contributed by atoms with Gasteiger partial charge in [0, 0.05) is 25.1 Å². The van der Waals surface area contributed by atoms with Crippen LogP contribution < -0.4 is 10.6 Å². The lowest BCUT2D eigenvalue weighted by molar-refractivity contribution is -0.137. The summed E-state index contributed by atoms with van der Waals surface area (Å²) < 4.78 is 40.4. The second-order valence-electron chi connectivity index (χ2n) is 7.64. The maximum atomic E-state index is 12.9. The molecular weight excluding hydrogens is 443 g/mol. The Labute approximate surface area is 188 Å². The molecule has 0 aliphatic heterocycles. The minimum Gasteiger partial charge on any atom is -0.372 e. The van der Waals surface area contributed by atoms with Gasteiger partial charge in [-0.15, -0.1) is 0 Å². The molecule has 170 valence electrons. The van der Waals surface area contributed by atoms with Crippen LogP contribution in [0.4, 0.5) is 18.9 Å². The highest BCUT2D eigenvalue weighted by Crippen LogP contribution is 2.34. The predicted molar refractivity (Wildman–Crippen MR) is 117 cm³/mol. The summed E-state index contributed by atoms with van der Waals surface area (Å²) in [5, 5.41) is 5.73. The van der Waals surface area contributed by atoms with Gasteiger partial charge in [0.25, 0.3) is 0 Å². The van der Waals surface area contributed by atoms with Gasteiger partial charge in [-0.05, 0) is 48.7 Å². The Morgan fingerprint density at radius 1 is 1.16 bits per heavy atom. The number of halogens is 4. The standard InChI is InChI=1S/C22H23ClF3N5O/c1-13(2)20(30-18-5-4-16(11-17(18)23)22(24,25)26)21(32)29-12-15-6-7-28-19(10-15)31-9-8-27-14(31)3/h4-11,13,20,30H,12H2,1-3H3,(H,29,32)/t20-/m0/s1. The molecule has 1 amide bonds. The first kappa shape index (κ1) is 23.6. The van der Waals surface area contributed by atoms with Crippen LogP contribution in [0.25, 0.3) is 5.82 Å². The Hall–Kier alpha value is -3.07. The van der Waals surface area contributed by atoms with E-state index in [-0.39, 0.29) is 29.1 Å². The molecule has 0 aliphatic rings. The number of aromatic nitrogens is 3. The molecule has 1 aromatic carbocycles. The molecular formula is C22H23ClF3N5O. The average Bonchev–Trinajstić information content (AvgIpc) is 3.16. The zero-order valence-corrected chi connectivity index (χ0v) is 18.5. The van der Waals surface area contributed by atoms with E-state index in [1.807, 2.05) is 31.4 Å². The van der Waals surface area contributed by atoms with Gasteiger partial charge < -0.3 is 10.6 Å². The minimum atomic E-state index is -4.49. The first-order chi connectivity index (χ1) is 15.1. The zero-order valence-electron chi connectivity index (χ0n) is 17.7. The first-order valence-electron chi connectivity index (χ1n) is 9.92. The molecule has 0 saturated heterocycles. The summed E-state index contributed by atoms with van der Waals surface area (Å²) in [6, 6.07) is 5.95. The molecule has 2 aromatic heterocycles. The van der Waals surface area contributed by atoms with Crippen LogP contribution in [0.1, 0.15) is 30.8 Å². The van der Waals surface area contributed by atoms with E-state index in [0.29, 0.717) is 5.82 Å². The van der Waals surface area contributed by atoms with E-state index in [1.54, 1.807) is 24.7 Å². The number of nitrogens with one attached hydrogen (secondary N) is 2. The molecule has 2 heterocycles. The number of hydrogen-bond donors (Lipinski definition) is 2. The van der Waals surface area contributed by atoms with Gasteiger partial charge in [0.2, 0.25) is 5.91 Å². The Bertz CT molecular complexity index is 1100. The third-order valence-corrected chi connectivity index (χ3v) is 5.22. The van der Waals surface area contributed by atoms with Gasteiger partial charge in [-0.25, -0.2) is 9.97 Å². The Kier molecular flexibility index (Phi) is 7.08. The van der Waals surface area contributed by atoms with Crippen LogP contribution in [0, 0.1) is 12.8 Å². The van der Waals surface area contributed by atoms with Gasteiger partial charge in [0.1, 0.15) is 17.7 Å². The topological polar surface area (TPSA) is 71.8 Å². The summed E-state index contributed by atoms with van der Waals surface area (Å²) in [4.78, 5) is 21.3. The molecule has 0 unspecified atom stereocenters. The monoisotopic (exact) mass is 465 g/mol. The molecule has 3 aromatic rings. The number of aryl methyl sites for hydroxylation is 1. The number of carbonyl (C=O) groups excluding carboxylic acids is 1. The van der Waals surface area contributed by atoms with Crippen LogP contribution >= 0.6 is 11.6 Å². The van der Waals surface area contributed by atoms with Crippen molar-refractivity contribution in [2.45, 2.75) is 39.5 Å². The zero-order chi connectivity index (χ0) is 23.5. The summed E-state index contributed by atoms with van der Waals surface area (Å²) >= 11 is 6.03. The van der Waals surface area contributed by atoms with Crippen LogP contribution in [0.2, 0.25) is 5.02 Å². The highest BCUT2D eigenvalue weighted by Gasteiger charge is 2.31. The van der Waals surface area contributed by atoms with Gasteiger partial charge in [-0.1, -0.05) is 25.4 Å². The third-order valence-electron chi connectivity index (χ3n) is 4.91. The van der Waals surface area contributed by atoms with E-state index in [9.17, 15) is 18.0 Å². The third kappa shape index (κ3) is 5.59. The van der Waals surface area contributed by atoms with Crippen molar-refractivity contribution in [3.8, 4) is 5.82 Å². The van der Waals surface area contributed by atoms with Crippen molar-refractivity contribution >= 4 is 23.2 Å². The van der Waals surface area contributed by atoms with Gasteiger partial charge in [0.05, 0.1) is 16.3 Å². The van der Waals surface area contributed by atoms with Gasteiger partial charge in [-0.3, -0.25) is 9.36 Å². The van der Waals surface area contributed by atoms with Crippen LogP contribution in [0.15, 0.2) is 48.9 Å². The molecule has 0 bridgehead atoms. The smallest absolute Gasteiger partial charge is 0.372 e. The van der Waals surface area contributed by atoms with Crippen molar-refractivity contribution in [3.63, 3.8) is 0 Å². The van der Waals surface area contributed by atoms with E-state index in [2.05, 4.69) is 20.6 Å². The molecule has 0 aliphatic carbocycles. The van der Waals surface area contributed by atoms with E-state index >= 15 is 0 Å². The van der Waals surface area contributed by atoms with Crippen LogP contribution in [-0.2, 0) is 17.5 Å². The molecule has 32 heavy (non-hydrogen) atoms. The number of pyridine rings is 1. The Balaban J connectivity index is 1.70. The summed E-state index contributed by atoms with van der Waals surface area (Å²) in [5.41, 5.74) is 0.252. The number of nitrogens with zero attached hydrogens (tertiary/aromatic N) is 3. The number of hydrogen-bond acceptors (Lipinski definition) is 4. The fourth-order valence-electron chi connectivity index (χ4n) is 3.13. The molecule has 10 heteroatoms. The Morgan fingerprint density at radius 2 is 1.91 bits per heavy atom. The van der Waals surface area contributed by atoms with Crippen LogP contribution in [-0.4, -0.2) is 26.5 Å². The molecule has 0 spiro atoms. The summed E-state index contributed by atoms with van der Waals surface area (Å²) in [7, 11) is 0. The van der Waals surface area contributed by atoms with E-state index in [0.717, 1.165) is 23.5 Å². The largest absolute Gasteiger partial charge is 0.416 e. The number of carbonyl (C=O) groups is 1.